The summed E-state index contributed by atoms with van der Waals surface area (Å²) in [5.74, 6) is -11.4. The van der Waals surface area contributed by atoms with Gasteiger partial charge in [0, 0.05) is 26.1 Å². The number of hydrogen-bond acceptors (Lipinski definition) is 1. The molecule has 1 nitrogen and oxygen atoms in total. The monoisotopic (exact) mass is 374 g/mol. The summed E-state index contributed by atoms with van der Waals surface area (Å²) in [6, 6.07) is 0. The van der Waals surface area contributed by atoms with Crippen LogP contribution < -0.4 is 0 Å². The third kappa shape index (κ3) is 5.60. The van der Waals surface area contributed by atoms with Crippen molar-refractivity contribution < 1.29 is 57.4 Å². The molecule has 0 radical (unpaired) electrons. The van der Waals surface area contributed by atoms with E-state index in [1.54, 1.807) is 0 Å². The quantitative estimate of drug-likeness (QED) is 0.436. The third-order valence-corrected chi connectivity index (χ3v) is 2.57. The molecule has 0 aromatic rings. The first kappa shape index (κ1) is 22.1. The minimum absolute atomic E-state index is 1.16. The SMILES string of the molecule is FC(CCOCCC(F)C(F)(F)C(F)(F)F)C(F)(F)C(F)(F)F. The molecule has 0 aliphatic rings. The Morgan fingerprint density at radius 1 is 0.565 bits per heavy atom. The van der Waals surface area contributed by atoms with Gasteiger partial charge in [-0.25, -0.2) is 8.78 Å². The van der Waals surface area contributed by atoms with Crippen LogP contribution in [0.5, 0.6) is 0 Å². The molecule has 0 saturated heterocycles. The molecule has 0 aromatic heterocycles. The van der Waals surface area contributed by atoms with Crippen molar-refractivity contribution in [3.63, 3.8) is 0 Å². The molecule has 0 heterocycles. The van der Waals surface area contributed by atoms with Crippen molar-refractivity contribution in [1.82, 2.24) is 0 Å². The first-order valence-corrected chi connectivity index (χ1v) is 5.80. The minimum Gasteiger partial charge on any atom is -0.381 e. The smallest absolute Gasteiger partial charge is 0.381 e. The van der Waals surface area contributed by atoms with Gasteiger partial charge in [-0.05, 0) is 0 Å². The van der Waals surface area contributed by atoms with E-state index in [1.165, 1.54) is 0 Å². The average Bonchev–Trinajstić information content (AvgIpc) is 2.34. The van der Waals surface area contributed by atoms with Gasteiger partial charge in [-0.3, -0.25) is 0 Å². The van der Waals surface area contributed by atoms with Crippen LogP contribution in [-0.4, -0.2) is 49.8 Å². The molecule has 0 spiro atoms. The maximum absolute atomic E-state index is 12.7. The molecule has 0 N–H and O–H groups in total. The highest BCUT2D eigenvalue weighted by molar-refractivity contribution is 4.85. The zero-order valence-electron chi connectivity index (χ0n) is 10.9. The lowest BCUT2D eigenvalue weighted by Crippen LogP contribution is -2.45. The summed E-state index contributed by atoms with van der Waals surface area (Å²) in [7, 11) is 0. The van der Waals surface area contributed by atoms with Gasteiger partial charge in [0.1, 0.15) is 0 Å². The Morgan fingerprint density at radius 2 is 0.826 bits per heavy atom. The highest BCUT2D eigenvalue weighted by atomic mass is 19.4. The molecule has 0 saturated carbocycles. The van der Waals surface area contributed by atoms with Crippen LogP contribution in [0, 0.1) is 0 Å². The molecule has 140 valence electrons. The van der Waals surface area contributed by atoms with E-state index in [0.717, 1.165) is 0 Å². The van der Waals surface area contributed by atoms with E-state index >= 15 is 0 Å². The van der Waals surface area contributed by atoms with Crippen LogP contribution in [0.15, 0.2) is 0 Å². The molecule has 0 amide bonds. The summed E-state index contributed by atoms with van der Waals surface area (Å²) in [5, 5.41) is 0. The molecule has 0 aromatic carbocycles. The first-order chi connectivity index (χ1) is 10.0. The maximum Gasteiger partial charge on any atom is 0.456 e. The molecule has 0 aliphatic carbocycles. The van der Waals surface area contributed by atoms with E-state index in [4.69, 9.17) is 0 Å². The van der Waals surface area contributed by atoms with Crippen molar-refractivity contribution in [3.05, 3.63) is 0 Å². The Labute approximate surface area is 121 Å². The Morgan fingerprint density at radius 3 is 1.04 bits per heavy atom. The van der Waals surface area contributed by atoms with Crippen LogP contribution >= 0.6 is 0 Å². The van der Waals surface area contributed by atoms with Gasteiger partial charge in [0.25, 0.3) is 0 Å². The van der Waals surface area contributed by atoms with E-state index in [2.05, 4.69) is 4.74 Å². The van der Waals surface area contributed by atoms with Gasteiger partial charge < -0.3 is 4.74 Å². The topological polar surface area (TPSA) is 9.23 Å². The van der Waals surface area contributed by atoms with Gasteiger partial charge in [-0.2, -0.15) is 43.9 Å². The van der Waals surface area contributed by atoms with E-state index in [9.17, 15) is 52.7 Å². The van der Waals surface area contributed by atoms with Crippen molar-refractivity contribution >= 4 is 0 Å². The fraction of sp³-hybridized carbons (Fsp3) is 1.00. The van der Waals surface area contributed by atoms with E-state index < -0.39 is 62.6 Å². The number of alkyl halides is 12. The van der Waals surface area contributed by atoms with Crippen molar-refractivity contribution in [2.45, 2.75) is 49.4 Å². The van der Waals surface area contributed by atoms with Crippen LogP contribution in [0.3, 0.4) is 0 Å². The number of rotatable bonds is 8. The third-order valence-electron chi connectivity index (χ3n) is 2.57. The molecule has 0 bridgehead atoms. The molecule has 23 heavy (non-hydrogen) atoms. The van der Waals surface area contributed by atoms with Crippen molar-refractivity contribution in [2.75, 3.05) is 13.2 Å². The second-order valence-electron chi connectivity index (χ2n) is 4.37. The summed E-state index contributed by atoms with van der Waals surface area (Å²) in [4.78, 5) is 0. The normalized spacial score (nSPS) is 17.2. The number of halogens is 12. The van der Waals surface area contributed by atoms with Crippen molar-refractivity contribution in [2.24, 2.45) is 0 Å². The Bertz CT molecular complexity index is 326. The van der Waals surface area contributed by atoms with Crippen LogP contribution in [0.2, 0.25) is 0 Å². The standard InChI is InChI=1S/C10H10F12O/c11-5(7(13,14)9(17,18)19)1-3-23-4-2-6(12)8(15,16)10(20,21)22/h5-6H,1-4H2. The second kappa shape index (κ2) is 7.34. The molecule has 0 rings (SSSR count). The summed E-state index contributed by atoms with van der Waals surface area (Å²) in [6.45, 7) is -2.31. The Hall–Kier alpha value is -0.880. The van der Waals surface area contributed by atoms with Crippen molar-refractivity contribution in [1.29, 1.82) is 0 Å². The lowest BCUT2D eigenvalue weighted by atomic mass is 10.1. The zero-order valence-corrected chi connectivity index (χ0v) is 10.9. The average molecular weight is 374 g/mol. The van der Waals surface area contributed by atoms with E-state index in [1.807, 2.05) is 0 Å². The highest BCUT2D eigenvalue weighted by Gasteiger charge is 2.63. The van der Waals surface area contributed by atoms with E-state index in [0.29, 0.717) is 0 Å². The molecule has 2 unspecified atom stereocenters. The zero-order chi connectivity index (χ0) is 18.7. The van der Waals surface area contributed by atoms with Gasteiger partial charge in [-0.1, -0.05) is 0 Å². The van der Waals surface area contributed by atoms with Crippen molar-refractivity contribution in [3.8, 4) is 0 Å². The number of hydrogen-bond donors (Lipinski definition) is 0. The molecule has 2 atom stereocenters. The predicted octanol–water partition coefficient (Wildman–Crippen LogP) is 4.85. The predicted molar refractivity (Wildman–Crippen MR) is 51.8 cm³/mol. The summed E-state index contributed by atoms with van der Waals surface area (Å²) in [5.41, 5.74) is 0. The van der Waals surface area contributed by atoms with Crippen LogP contribution in [0.1, 0.15) is 12.8 Å². The van der Waals surface area contributed by atoms with Crippen LogP contribution in [0.4, 0.5) is 52.7 Å². The van der Waals surface area contributed by atoms with Crippen LogP contribution in [-0.2, 0) is 4.74 Å². The Balaban J connectivity index is 4.21. The van der Waals surface area contributed by atoms with Crippen LogP contribution in [0.25, 0.3) is 0 Å². The fourth-order valence-electron chi connectivity index (χ4n) is 1.19. The highest BCUT2D eigenvalue weighted by Crippen LogP contribution is 2.41. The maximum atomic E-state index is 12.7. The molecular weight excluding hydrogens is 364 g/mol. The molecule has 0 fully saturated rings. The lowest BCUT2D eigenvalue weighted by Gasteiger charge is -2.24. The van der Waals surface area contributed by atoms with Gasteiger partial charge >= 0.3 is 24.2 Å². The Kier molecular flexibility index (Phi) is 7.06. The van der Waals surface area contributed by atoms with Gasteiger partial charge in [-0.15, -0.1) is 0 Å². The first-order valence-electron chi connectivity index (χ1n) is 5.80. The molecular formula is C10H10F12O. The fourth-order valence-corrected chi connectivity index (χ4v) is 1.19. The molecule has 0 aliphatic heterocycles. The van der Waals surface area contributed by atoms with Gasteiger partial charge in [0.2, 0.25) is 0 Å². The van der Waals surface area contributed by atoms with Gasteiger partial charge in [0.05, 0.1) is 0 Å². The summed E-state index contributed by atoms with van der Waals surface area (Å²) in [6.07, 6.45) is -22.8. The second-order valence-corrected chi connectivity index (χ2v) is 4.37. The van der Waals surface area contributed by atoms with E-state index in [-0.39, 0.29) is 0 Å². The minimum atomic E-state index is -6.16. The molecule has 13 heteroatoms. The summed E-state index contributed by atoms with van der Waals surface area (Å²) >= 11 is 0. The lowest BCUT2D eigenvalue weighted by molar-refractivity contribution is -0.305. The largest absolute Gasteiger partial charge is 0.456 e. The number of ether oxygens (including phenoxy) is 1. The van der Waals surface area contributed by atoms with Gasteiger partial charge in [0.15, 0.2) is 12.3 Å². The summed E-state index contributed by atoms with van der Waals surface area (Å²) < 4.78 is 150.